The first-order chi connectivity index (χ1) is 11.9. The molecule has 2 N–H and O–H groups in total. The highest BCUT2D eigenvalue weighted by atomic mass is 19.1. The van der Waals surface area contributed by atoms with E-state index in [0.29, 0.717) is 12.4 Å². The molecule has 6 heteroatoms. The minimum absolute atomic E-state index is 0.129. The van der Waals surface area contributed by atoms with E-state index in [2.05, 4.69) is 4.98 Å². The number of halogens is 1. The number of hydrogen-bond acceptors (Lipinski definition) is 3. The van der Waals surface area contributed by atoms with Crippen LogP contribution in [-0.2, 0) is 18.4 Å². The van der Waals surface area contributed by atoms with E-state index in [1.165, 1.54) is 18.2 Å². The monoisotopic (exact) mass is 338 g/mol. The fraction of sp³-hybridized carbons (Fsp3) is 0.158. The van der Waals surface area contributed by atoms with Gasteiger partial charge in [0, 0.05) is 44.5 Å². The van der Waals surface area contributed by atoms with Gasteiger partial charge in [0.25, 0.3) is 0 Å². The van der Waals surface area contributed by atoms with Gasteiger partial charge in [-0.05, 0) is 47.5 Å². The summed E-state index contributed by atoms with van der Waals surface area (Å²) in [4.78, 5) is 17.9. The Morgan fingerprint density at radius 1 is 1.36 bits per heavy atom. The first kappa shape index (κ1) is 16.7. The van der Waals surface area contributed by atoms with E-state index in [-0.39, 0.29) is 11.7 Å². The Kier molecular flexibility index (Phi) is 4.52. The molecule has 0 saturated heterocycles. The fourth-order valence-corrected chi connectivity index (χ4v) is 2.71. The van der Waals surface area contributed by atoms with Crippen molar-refractivity contribution in [1.82, 2.24) is 14.5 Å². The average Bonchev–Trinajstić information content (AvgIpc) is 2.89. The van der Waals surface area contributed by atoms with Gasteiger partial charge in [-0.25, -0.2) is 9.37 Å². The largest absolute Gasteiger partial charge is 0.384 e. The molecular formula is C19H19FN4O. The lowest BCUT2D eigenvalue weighted by Crippen LogP contribution is -2.24. The van der Waals surface area contributed by atoms with Crippen molar-refractivity contribution in [2.75, 3.05) is 12.8 Å². The molecule has 1 aromatic carbocycles. The molecule has 2 aromatic heterocycles. The molecule has 5 nitrogen and oxygen atoms in total. The van der Waals surface area contributed by atoms with E-state index in [0.717, 1.165) is 22.0 Å². The van der Waals surface area contributed by atoms with Crippen molar-refractivity contribution in [3.8, 4) is 0 Å². The van der Waals surface area contributed by atoms with Crippen molar-refractivity contribution in [1.29, 1.82) is 0 Å². The van der Waals surface area contributed by atoms with E-state index in [1.807, 2.05) is 17.8 Å². The lowest BCUT2D eigenvalue weighted by atomic mass is 10.1. The standard InChI is InChI=1S/C19H19FN4O/c1-23-11-14(16-6-5-15(20)9-17(16)23)12-24(2)19(25)8-4-13-3-7-18(21)22-10-13/h3-11H,12H2,1-2H3,(H2,21,22). The summed E-state index contributed by atoms with van der Waals surface area (Å²) in [5.74, 6) is 0.0358. The van der Waals surface area contributed by atoms with Crippen molar-refractivity contribution >= 4 is 28.7 Å². The van der Waals surface area contributed by atoms with Gasteiger partial charge in [-0.1, -0.05) is 0 Å². The lowest BCUT2D eigenvalue weighted by molar-refractivity contribution is -0.125. The summed E-state index contributed by atoms with van der Waals surface area (Å²) in [6.45, 7) is 0.437. The molecule has 0 fully saturated rings. The molecule has 0 aliphatic carbocycles. The quantitative estimate of drug-likeness (QED) is 0.744. The number of anilines is 1. The predicted octanol–water partition coefficient (Wildman–Crippen LogP) is 2.97. The molecule has 128 valence electrons. The van der Waals surface area contributed by atoms with Crippen molar-refractivity contribution in [3.63, 3.8) is 0 Å². The second kappa shape index (κ2) is 6.76. The Hall–Kier alpha value is -3.15. The number of nitrogens with two attached hydrogens (primary N) is 1. The number of rotatable bonds is 4. The van der Waals surface area contributed by atoms with Crippen LogP contribution in [0, 0.1) is 5.82 Å². The summed E-state index contributed by atoms with van der Waals surface area (Å²) in [6, 6.07) is 8.15. The van der Waals surface area contributed by atoms with E-state index >= 15 is 0 Å². The summed E-state index contributed by atoms with van der Waals surface area (Å²) in [5, 5.41) is 0.940. The highest BCUT2D eigenvalue weighted by Gasteiger charge is 2.12. The first-order valence-corrected chi connectivity index (χ1v) is 7.82. The lowest BCUT2D eigenvalue weighted by Gasteiger charge is -2.14. The molecule has 3 rings (SSSR count). The SMILES string of the molecule is CN(Cc1cn(C)c2cc(F)ccc12)C(=O)C=Cc1ccc(N)nc1. The molecule has 0 bridgehead atoms. The van der Waals surface area contributed by atoms with Crippen LogP contribution in [0.4, 0.5) is 10.2 Å². The van der Waals surface area contributed by atoms with Crippen molar-refractivity contribution < 1.29 is 9.18 Å². The zero-order valence-electron chi connectivity index (χ0n) is 14.1. The van der Waals surface area contributed by atoms with Gasteiger partial charge < -0.3 is 15.2 Å². The summed E-state index contributed by atoms with van der Waals surface area (Å²) in [5.41, 5.74) is 8.11. The molecule has 0 saturated carbocycles. The van der Waals surface area contributed by atoms with Gasteiger partial charge in [0.05, 0.1) is 5.52 Å². The van der Waals surface area contributed by atoms with Crippen LogP contribution in [0.15, 0.2) is 48.8 Å². The van der Waals surface area contributed by atoms with Gasteiger partial charge in [0.15, 0.2) is 0 Å². The van der Waals surface area contributed by atoms with Crippen molar-refractivity contribution in [2.45, 2.75) is 6.54 Å². The molecule has 3 aromatic rings. The summed E-state index contributed by atoms with van der Waals surface area (Å²) in [6.07, 6.45) is 6.72. The topological polar surface area (TPSA) is 64.2 Å². The third-order valence-electron chi connectivity index (χ3n) is 4.05. The third-order valence-corrected chi connectivity index (χ3v) is 4.05. The number of hydrogen-bond donors (Lipinski definition) is 1. The highest BCUT2D eigenvalue weighted by molar-refractivity contribution is 5.92. The van der Waals surface area contributed by atoms with Crippen LogP contribution >= 0.6 is 0 Å². The third kappa shape index (κ3) is 3.68. The molecule has 0 aliphatic rings. The number of carbonyl (C=O) groups excluding carboxylic acids is 1. The molecule has 2 heterocycles. The van der Waals surface area contributed by atoms with E-state index in [1.54, 1.807) is 42.4 Å². The fourth-order valence-electron chi connectivity index (χ4n) is 2.71. The van der Waals surface area contributed by atoms with Gasteiger partial charge in [-0.15, -0.1) is 0 Å². The van der Waals surface area contributed by atoms with Crippen LogP contribution in [0.2, 0.25) is 0 Å². The predicted molar refractivity (Wildman–Crippen MR) is 97.0 cm³/mol. The molecule has 0 atom stereocenters. The molecule has 0 aliphatic heterocycles. The first-order valence-electron chi connectivity index (χ1n) is 7.82. The van der Waals surface area contributed by atoms with Crippen molar-refractivity contribution in [2.24, 2.45) is 7.05 Å². The second-order valence-electron chi connectivity index (χ2n) is 5.97. The molecule has 0 spiro atoms. The minimum atomic E-state index is -0.273. The normalized spacial score (nSPS) is 11.3. The number of pyridine rings is 1. The number of nitrogens with zero attached hydrogens (tertiary/aromatic N) is 3. The van der Waals surface area contributed by atoms with Crippen LogP contribution in [0.25, 0.3) is 17.0 Å². The average molecular weight is 338 g/mol. The zero-order valence-corrected chi connectivity index (χ0v) is 14.1. The molecule has 1 amide bonds. The number of benzene rings is 1. The van der Waals surface area contributed by atoms with Crippen LogP contribution in [0.3, 0.4) is 0 Å². The number of aromatic nitrogens is 2. The number of fused-ring (bicyclic) bond motifs is 1. The number of nitrogen functional groups attached to an aromatic ring is 1. The van der Waals surface area contributed by atoms with Gasteiger partial charge in [0.2, 0.25) is 5.91 Å². The molecular weight excluding hydrogens is 319 g/mol. The number of amides is 1. The van der Waals surface area contributed by atoms with Gasteiger partial charge in [0.1, 0.15) is 11.6 Å². The summed E-state index contributed by atoms with van der Waals surface area (Å²) < 4.78 is 15.3. The Labute approximate surface area is 145 Å². The number of likely N-dealkylation sites (N-methyl/N-ethyl adjacent to an activating group) is 1. The number of aryl methyl sites for hydroxylation is 1. The van der Waals surface area contributed by atoms with E-state index in [4.69, 9.17) is 5.73 Å². The van der Waals surface area contributed by atoms with E-state index in [9.17, 15) is 9.18 Å². The Bertz CT molecular complexity index is 944. The van der Waals surface area contributed by atoms with Crippen LogP contribution in [-0.4, -0.2) is 27.4 Å². The van der Waals surface area contributed by atoms with Crippen LogP contribution in [0.1, 0.15) is 11.1 Å². The van der Waals surface area contributed by atoms with Gasteiger partial charge in [-0.2, -0.15) is 0 Å². The van der Waals surface area contributed by atoms with Crippen LogP contribution in [0.5, 0.6) is 0 Å². The van der Waals surface area contributed by atoms with E-state index < -0.39 is 0 Å². The minimum Gasteiger partial charge on any atom is -0.384 e. The summed E-state index contributed by atoms with van der Waals surface area (Å²) >= 11 is 0. The van der Waals surface area contributed by atoms with Crippen LogP contribution < -0.4 is 5.73 Å². The Morgan fingerprint density at radius 2 is 2.16 bits per heavy atom. The Balaban J connectivity index is 1.74. The maximum absolute atomic E-state index is 13.4. The maximum Gasteiger partial charge on any atom is 0.246 e. The maximum atomic E-state index is 13.4. The molecule has 25 heavy (non-hydrogen) atoms. The molecule has 0 radical (unpaired) electrons. The van der Waals surface area contributed by atoms with Gasteiger partial charge in [-0.3, -0.25) is 4.79 Å². The number of carbonyl (C=O) groups is 1. The highest BCUT2D eigenvalue weighted by Crippen LogP contribution is 2.22. The zero-order chi connectivity index (χ0) is 18.0. The smallest absolute Gasteiger partial charge is 0.246 e. The van der Waals surface area contributed by atoms with Crippen molar-refractivity contribution in [3.05, 3.63) is 65.7 Å². The molecule has 0 unspecified atom stereocenters. The second-order valence-corrected chi connectivity index (χ2v) is 5.97. The summed E-state index contributed by atoms with van der Waals surface area (Å²) in [7, 11) is 3.59. The van der Waals surface area contributed by atoms with Gasteiger partial charge >= 0.3 is 0 Å². The Morgan fingerprint density at radius 3 is 2.88 bits per heavy atom.